The maximum Gasteiger partial charge on any atom is 0.150 e. The Balaban J connectivity index is 2.29. The highest BCUT2D eigenvalue weighted by Gasteiger charge is 2.09. The van der Waals surface area contributed by atoms with Crippen LogP contribution in [0.25, 0.3) is 21.2 Å². The van der Waals surface area contributed by atoms with Gasteiger partial charge in [0.05, 0.1) is 0 Å². The van der Waals surface area contributed by atoms with E-state index in [0.29, 0.717) is 5.56 Å². The van der Waals surface area contributed by atoms with Gasteiger partial charge in [-0.25, -0.2) is 0 Å². The van der Waals surface area contributed by atoms with Crippen molar-refractivity contribution >= 4 is 43.6 Å². The van der Waals surface area contributed by atoms with Gasteiger partial charge in [-0.3, -0.25) is 4.79 Å². The Morgan fingerprint density at radius 2 is 1.89 bits per heavy atom. The Morgan fingerprint density at radius 1 is 1.06 bits per heavy atom. The van der Waals surface area contributed by atoms with Crippen LogP contribution in [0.4, 0.5) is 0 Å². The second kappa shape index (κ2) is 4.67. The van der Waals surface area contributed by atoms with Gasteiger partial charge in [0.15, 0.2) is 0 Å². The summed E-state index contributed by atoms with van der Waals surface area (Å²) in [5.41, 5.74) is 3.05. The fourth-order valence-electron chi connectivity index (χ4n) is 2.01. The van der Waals surface area contributed by atoms with Gasteiger partial charge in [-0.2, -0.15) is 0 Å². The van der Waals surface area contributed by atoms with Gasteiger partial charge in [0.25, 0.3) is 0 Å². The normalized spacial score (nSPS) is 10.7. The van der Waals surface area contributed by atoms with Crippen LogP contribution in [0.3, 0.4) is 0 Å². The molecule has 0 amide bonds. The zero-order valence-corrected chi connectivity index (χ0v) is 11.8. The molecular weight excluding hydrogens is 308 g/mol. The first-order chi connectivity index (χ1) is 8.79. The lowest BCUT2D eigenvalue weighted by molar-refractivity contribution is 0.112. The number of carbonyl (C=O) groups excluding carboxylic acids is 1. The molecule has 3 rings (SSSR count). The molecule has 88 valence electrons. The van der Waals surface area contributed by atoms with Crippen molar-refractivity contribution in [2.24, 2.45) is 0 Å². The standard InChI is InChI=1S/C15H9BrOS/c16-14-4-2-1-3-11(14)13-9-18-15-6-5-10(8-17)7-12(13)15/h1-9H. The molecule has 0 N–H and O–H groups in total. The van der Waals surface area contributed by atoms with Crippen molar-refractivity contribution in [1.82, 2.24) is 0 Å². The summed E-state index contributed by atoms with van der Waals surface area (Å²) in [4.78, 5) is 10.9. The zero-order chi connectivity index (χ0) is 12.5. The second-order valence-electron chi connectivity index (χ2n) is 4.00. The highest BCUT2D eigenvalue weighted by Crippen LogP contribution is 2.37. The van der Waals surface area contributed by atoms with E-state index in [1.807, 2.05) is 36.4 Å². The fraction of sp³-hybridized carbons (Fsp3) is 0. The van der Waals surface area contributed by atoms with E-state index in [-0.39, 0.29) is 0 Å². The zero-order valence-electron chi connectivity index (χ0n) is 9.39. The number of aldehydes is 1. The van der Waals surface area contributed by atoms with Crippen molar-refractivity contribution < 1.29 is 4.79 Å². The van der Waals surface area contributed by atoms with Crippen LogP contribution >= 0.6 is 27.3 Å². The quantitative estimate of drug-likeness (QED) is 0.598. The van der Waals surface area contributed by atoms with Crippen LogP contribution in [-0.4, -0.2) is 6.29 Å². The maximum atomic E-state index is 10.9. The molecule has 0 aliphatic carbocycles. The summed E-state index contributed by atoms with van der Waals surface area (Å²) in [6.45, 7) is 0. The van der Waals surface area contributed by atoms with Crippen molar-refractivity contribution in [3.8, 4) is 11.1 Å². The molecule has 0 saturated carbocycles. The molecule has 3 heteroatoms. The summed E-state index contributed by atoms with van der Waals surface area (Å²) < 4.78 is 2.27. The van der Waals surface area contributed by atoms with Crippen molar-refractivity contribution in [2.75, 3.05) is 0 Å². The number of hydrogen-bond donors (Lipinski definition) is 0. The Kier molecular flexibility index (Phi) is 3.02. The molecule has 0 aliphatic heterocycles. The number of halogens is 1. The SMILES string of the molecule is O=Cc1ccc2scc(-c3ccccc3Br)c2c1. The van der Waals surface area contributed by atoms with Crippen molar-refractivity contribution in [1.29, 1.82) is 0 Å². The first kappa shape index (κ1) is 11.6. The van der Waals surface area contributed by atoms with Crippen molar-refractivity contribution in [3.05, 3.63) is 57.9 Å². The topological polar surface area (TPSA) is 17.1 Å². The lowest BCUT2D eigenvalue weighted by Gasteiger charge is -2.03. The number of rotatable bonds is 2. The van der Waals surface area contributed by atoms with Gasteiger partial charge in [0.1, 0.15) is 6.29 Å². The third-order valence-electron chi connectivity index (χ3n) is 2.90. The monoisotopic (exact) mass is 316 g/mol. The lowest BCUT2D eigenvalue weighted by Crippen LogP contribution is -1.80. The maximum absolute atomic E-state index is 10.9. The van der Waals surface area contributed by atoms with Crippen molar-refractivity contribution in [2.45, 2.75) is 0 Å². The Morgan fingerprint density at radius 3 is 2.67 bits per heavy atom. The van der Waals surface area contributed by atoms with E-state index in [1.54, 1.807) is 11.3 Å². The van der Waals surface area contributed by atoms with Crippen LogP contribution in [0.15, 0.2) is 52.3 Å². The number of hydrogen-bond acceptors (Lipinski definition) is 2. The molecule has 1 nitrogen and oxygen atoms in total. The molecular formula is C15H9BrOS. The van der Waals surface area contributed by atoms with Crippen LogP contribution in [0.1, 0.15) is 10.4 Å². The Bertz CT molecular complexity index is 730. The molecule has 3 aromatic rings. The summed E-state index contributed by atoms with van der Waals surface area (Å²) >= 11 is 5.27. The molecule has 0 radical (unpaired) electrons. The molecule has 18 heavy (non-hydrogen) atoms. The third-order valence-corrected chi connectivity index (χ3v) is 4.55. The van der Waals surface area contributed by atoms with Crippen LogP contribution < -0.4 is 0 Å². The lowest BCUT2D eigenvalue weighted by atomic mass is 10.0. The Labute approximate surface area is 117 Å². The average Bonchev–Trinajstić information content (AvgIpc) is 2.82. The minimum absolute atomic E-state index is 0.717. The van der Waals surface area contributed by atoms with Gasteiger partial charge in [0, 0.05) is 25.7 Å². The van der Waals surface area contributed by atoms with Gasteiger partial charge in [-0.1, -0.05) is 40.2 Å². The minimum atomic E-state index is 0.717. The van der Waals surface area contributed by atoms with E-state index in [0.717, 1.165) is 21.7 Å². The largest absolute Gasteiger partial charge is 0.298 e. The molecule has 0 spiro atoms. The van der Waals surface area contributed by atoms with E-state index in [9.17, 15) is 4.79 Å². The first-order valence-electron chi connectivity index (χ1n) is 5.51. The van der Waals surface area contributed by atoms with Crippen LogP contribution in [-0.2, 0) is 0 Å². The molecule has 0 aliphatic rings. The second-order valence-corrected chi connectivity index (χ2v) is 5.77. The summed E-state index contributed by atoms with van der Waals surface area (Å²) in [5, 5.41) is 3.27. The predicted octanol–water partition coefficient (Wildman–Crippen LogP) is 5.14. The van der Waals surface area contributed by atoms with E-state index >= 15 is 0 Å². The number of carbonyl (C=O) groups is 1. The smallest absolute Gasteiger partial charge is 0.150 e. The summed E-state index contributed by atoms with van der Waals surface area (Å²) in [6, 6.07) is 13.9. The summed E-state index contributed by atoms with van der Waals surface area (Å²) in [5.74, 6) is 0. The summed E-state index contributed by atoms with van der Waals surface area (Å²) in [6.07, 6.45) is 0.890. The highest BCUT2D eigenvalue weighted by atomic mass is 79.9. The molecule has 1 heterocycles. The minimum Gasteiger partial charge on any atom is -0.298 e. The van der Waals surface area contributed by atoms with E-state index in [2.05, 4.69) is 27.4 Å². The van der Waals surface area contributed by atoms with Crippen LogP contribution in [0.5, 0.6) is 0 Å². The van der Waals surface area contributed by atoms with Gasteiger partial charge in [-0.05, 0) is 29.1 Å². The predicted molar refractivity (Wildman–Crippen MR) is 80.3 cm³/mol. The van der Waals surface area contributed by atoms with Gasteiger partial charge >= 0.3 is 0 Å². The number of fused-ring (bicyclic) bond motifs is 1. The molecule has 0 saturated heterocycles. The number of thiophene rings is 1. The molecule has 0 unspecified atom stereocenters. The molecule has 0 bridgehead atoms. The molecule has 1 aromatic heterocycles. The average molecular weight is 317 g/mol. The van der Waals surface area contributed by atoms with E-state index < -0.39 is 0 Å². The summed E-state index contributed by atoms with van der Waals surface area (Å²) in [7, 11) is 0. The van der Waals surface area contributed by atoms with Crippen LogP contribution in [0.2, 0.25) is 0 Å². The third kappa shape index (κ3) is 1.89. The fourth-order valence-corrected chi connectivity index (χ4v) is 3.45. The van der Waals surface area contributed by atoms with Gasteiger partial charge in [0.2, 0.25) is 0 Å². The van der Waals surface area contributed by atoms with Gasteiger partial charge in [-0.15, -0.1) is 11.3 Å². The van der Waals surface area contributed by atoms with Crippen LogP contribution in [0, 0.1) is 0 Å². The van der Waals surface area contributed by atoms with Gasteiger partial charge < -0.3 is 0 Å². The molecule has 2 aromatic carbocycles. The molecule has 0 fully saturated rings. The van der Waals surface area contributed by atoms with Crippen molar-refractivity contribution in [3.63, 3.8) is 0 Å². The highest BCUT2D eigenvalue weighted by molar-refractivity contribution is 9.10. The van der Waals surface area contributed by atoms with E-state index in [4.69, 9.17) is 0 Å². The number of benzene rings is 2. The Hall–Kier alpha value is -1.45. The molecule has 0 atom stereocenters. The first-order valence-corrected chi connectivity index (χ1v) is 7.18. The van der Waals surface area contributed by atoms with E-state index in [1.165, 1.54) is 10.3 Å².